The van der Waals surface area contributed by atoms with Crippen LogP contribution in [0.5, 0.6) is 11.5 Å². The quantitative estimate of drug-likeness (QED) is 0.798. The van der Waals surface area contributed by atoms with Crippen molar-refractivity contribution >= 4 is 17.5 Å². The molecular weight excluding hydrogens is 359 g/mol. The van der Waals surface area contributed by atoms with Gasteiger partial charge in [-0.15, -0.1) is 0 Å². The third-order valence-corrected chi connectivity index (χ3v) is 3.32. The Morgan fingerprint density at radius 1 is 1.04 bits per heavy atom. The van der Waals surface area contributed by atoms with Crippen molar-refractivity contribution in [1.82, 2.24) is 5.32 Å². The smallest absolute Gasteiger partial charge is 0.422 e. The second kappa shape index (κ2) is 8.62. The van der Waals surface area contributed by atoms with Gasteiger partial charge in [-0.3, -0.25) is 4.79 Å². The van der Waals surface area contributed by atoms with E-state index in [0.717, 1.165) is 0 Å². The number of carbonyl (C=O) groups is 1. The number of hydrogen-bond donors (Lipinski definition) is 1. The topological polar surface area (TPSA) is 47.6 Å². The van der Waals surface area contributed by atoms with Crippen LogP contribution in [-0.4, -0.2) is 25.3 Å². The number of amides is 1. The summed E-state index contributed by atoms with van der Waals surface area (Å²) in [4.78, 5) is 11.8. The van der Waals surface area contributed by atoms with Crippen LogP contribution in [0, 0.1) is 0 Å². The summed E-state index contributed by atoms with van der Waals surface area (Å²) in [6, 6.07) is 12.7. The van der Waals surface area contributed by atoms with Crippen molar-refractivity contribution in [3.63, 3.8) is 0 Å². The fourth-order valence-electron chi connectivity index (χ4n) is 1.83. The summed E-state index contributed by atoms with van der Waals surface area (Å²) in [6.07, 6.45) is -4.38. The molecule has 0 saturated carbocycles. The number of alkyl halides is 3. The van der Waals surface area contributed by atoms with Crippen LogP contribution in [0.15, 0.2) is 48.5 Å². The van der Waals surface area contributed by atoms with E-state index in [1.165, 1.54) is 12.1 Å². The van der Waals surface area contributed by atoms with Crippen LogP contribution in [0.2, 0.25) is 5.02 Å². The van der Waals surface area contributed by atoms with Gasteiger partial charge >= 0.3 is 6.18 Å². The molecule has 1 amide bonds. The van der Waals surface area contributed by atoms with Crippen molar-refractivity contribution in [3.05, 3.63) is 59.1 Å². The van der Waals surface area contributed by atoms with Gasteiger partial charge in [0.25, 0.3) is 5.91 Å². The molecule has 0 aliphatic heterocycles. The number of hydrogen-bond acceptors (Lipinski definition) is 3. The first-order chi connectivity index (χ1) is 11.8. The highest BCUT2D eigenvalue weighted by Gasteiger charge is 2.28. The maximum atomic E-state index is 12.1. The normalized spacial score (nSPS) is 11.0. The van der Waals surface area contributed by atoms with Gasteiger partial charge in [-0.05, 0) is 29.8 Å². The zero-order valence-electron chi connectivity index (χ0n) is 13.0. The molecule has 25 heavy (non-hydrogen) atoms. The second-order valence-electron chi connectivity index (χ2n) is 5.04. The SMILES string of the molecule is O=C(COc1ccccc1Cl)NCc1ccc(OCC(F)(F)F)cc1. The molecule has 0 radical (unpaired) electrons. The monoisotopic (exact) mass is 373 g/mol. The van der Waals surface area contributed by atoms with E-state index in [2.05, 4.69) is 10.1 Å². The Kier molecular flexibility index (Phi) is 6.52. The van der Waals surface area contributed by atoms with Crippen LogP contribution in [0.25, 0.3) is 0 Å². The number of halogens is 4. The van der Waals surface area contributed by atoms with Gasteiger partial charge in [-0.1, -0.05) is 35.9 Å². The maximum Gasteiger partial charge on any atom is 0.422 e. The number of rotatable bonds is 7. The van der Waals surface area contributed by atoms with Gasteiger partial charge in [0.05, 0.1) is 5.02 Å². The number of ether oxygens (including phenoxy) is 2. The van der Waals surface area contributed by atoms with Gasteiger partial charge < -0.3 is 14.8 Å². The predicted molar refractivity (Wildman–Crippen MR) is 86.8 cm³/mol. The number of benzene rings is 2. The van der Waals surface area contributed by atoms with Crippen molar-refractivity contribution in [3.8, 4) is 11.5 Å². The van der Waals surface area contributed by atoms with Crippen molar-refractivity contribution in [2.45, 2.75) is 12.7 Å². The average Bonchev–Trinajstić information content (AvgIpc) is 2.57. The summed E-state index contributed by atoms with van der Waals surface area (Å²) < 4.78 is 46.1. The van der Waals surface area contributed by atoms with E-state index in [-0.39, 0.29) is 24.8 Å². The summed E-state index contributed by atoms with van der Waals surface area (Å²) in [5.41, 5.74) is 0.713. The first-order valence-electron chi connectivity index (χ1n) is 7.26. The summed E-state index contributed by atoms with van der Waals surface area (Å²) in [5.74, 6) is 0.164. The molecule has 2 aromatic rings. The molecule has 2 rings (SSSR count). The highest BCUT2D eigenvalue weighted by Crippen LogP contribution is 2.23. The van der Waals surface area contributed by atoms with E-state index in [1.54, 1.807) is 36.4 Å². The summed E-state index contributed by atoms with van der Waals surface area (Å²) >= 11 is 5.91. The van der Waals surface area contributed by atoms with E-state index in [9.17, 15) is 18.0 Å². The average molecular weight is 374 g/mol. The molecule has 0 aliphatic rings. The molecule has 0 aliphatic carbocycles. The molecule has 0 spiro atoms. The molecule has 2 aromatic carbocycles. The van der Waals surface area contributed by atoms with Crippen LogP contribution in [0.4, 0.5) is 13.2 Å². The first kappa shape index (κ1) is 18.9. The Morgan fingerprint density at radius 2 is 1.72 bits per heavy atom. The van der Waals surface area contributed by atoms with Gasteiger partial charge in [0.15, 0.2) is 13.2 Å². The van der Waals surface area contributed by atoms with Crippen molar-refractivity contribution in [1.29, 1.82) is 0 Å². The lowest BCUT2D eigenvalue weighted by Gasteiger charge is -2.10. The summed E-state index contributed by atoms with van der Waals surface area (Å²) in [6.45, 7) is -1.33. The molecule has 1 N–H and O–H groups in total. The van der Waals surface area contributed by atoms with Crippen LogP contribution in [0.3, 0.4) is 0 Å². The van der Waals surface area contributed by atoms with E-state index >= 15 is 0 Å². The standard InChI is InChI=1S/C17H15ClF3NO3/c18-14-3-1-2-4-15(14)24-10-16(23)22-9-12-5-7-13(8-6-12)25-11-17(19,20)21/h1-8H,9-11H2,(H,22,23). The molecular formula is C17H15ClF3NO3. The van der Waals surface area contributed by atoms with E-state index < -0.39 is 12.8 Å². The van der Waals surface area contributed by atoms with Crippen LogP contribution in [0.1, 0.15) is 5.56 Å². The highest BCUT2D eigenvalue weighted by molar-refractivity contribution is 6.32. The minimum Gasteiger partial charge on any atom is -0.484 e. The van der Waals surface area contributed by atoms with Gasteiger partial charge in [-0.2, -0.15) is 13.2 Å². The zero-order chi connectivity index (χ0) is 18.3. The summed E-state index contributed by atoms with van der Waals surface area (Å²) in [7, 11) is 0. The molecule has 0 unspecified atom stereocenters. The van der Waals surface area contributed by atoms with Crippen LogP contribution >= 0.6 is 11.6 Å². The lowest BCUT2D eigenvalue weighted by Crippen LogP contribution is -2.28. The Morgan fingerprint density at radius 3 is 2.36 bits per heavy atom. The minimum atomic E-state index is -4.38. The summed E-state index contributed by atoms with van der Waals surface area (Å²) in [5, 5.41) is 3.04. The fraction of sp³-hybridized carbons (Fsp3) is 0.235. The van der Waals surface area contributed by atoms with Crippen molar-refractivity contribution < 1.29 is 27.4 Å². The molecule has 4 nitrogen and oxygen atoms in total. The van der Waals surface area contributed by atoms with Crippen molar-refractivity contribution in [2.75, 3.05) is 13.2 Å². The first-order valence-corrected chi connectivity index (χ1v) is 7.64. The van der Waals surface area contributed by atoms with E-state index in [1.807, 2.05) is 0 Å². The third kappa shape index (κ3) is 6.93. The lowest BCUT2D eigenvalue weighted by molar-refractivity contribution is -0.153. The van der Waals surface area contributed by atoms with Gasteiger partial charge in [0.1, 0.15) is 11.5 Å². The molecule has 0 saturated heterocycles. The lowest BCUT2D eigenvalue weighted by atomic mass is 10.2. The minimum absolute atomic E-state index is 0.106. The number of nitrogens with one attached hydrogen (secondary N) is 1. The predicted octanol–water partition coefficient (Wildman–Crippen LogP) is 3.98. The van der Waals surface area contributed by atoms with Gasteiger partial charge in [0.2, 0.25) is 0 Å². The Balaban J connectivity index is 1.75. The molecule has 0 fully saturated rings. The fourth-order valence-corrected chi connectivity index (χ4v) is 2.02. The molecule has 0 heterocycles. The largest absolute Gasteiger partial charge is 0.484 e. The van der Waals surface area contributed by atoms with Crippen LogP contribution < -0.4 is 14.8 Å². The second-order valence-corrected chi connectivity index (χ2v) is 5.45. The van der Waals surface area contributed by atoms with Gasteiger partial charge in [0, 0.05) is 6.54 Å². The number of para-hydroxylation sites is 1. The Hall–Kier alpha value is -2.41. The van der Waals surface area contributed by atoms with E-state index in [0.29, 0.717) is 16.3 Å². The Labute approximate surface area is 147 Å². The molecule has 0 bridgehead atoms. The van der Waals surface area contributed by atoms with Gasteiger partial charge in [-0.25, -0.2) is 0 Å². The molecule has 0 aromatic heterocycles. The highest BCUT2D eigenvalue weighted by atomic mass is 35.5. The zero-order valence-corrected chi connectivity index (χ0v) is 13.7. The Bertz CT molecular complexity index is 705. The maximum absolute atomic E-state index is 12.1. The van der Waals surface area contributed by atoms with E-state index in [4.69, 9.17) is 16.3 Å². The molecule has 0 atom stereocenters. The number of carbonyl (C=O) groups excluding carboxylic acids is 1. The molecule has 134 valence electrons. The molecule has 8 heteroatoms. The van der Waals surface area contributed by atoms with Crippen LogP contribution in [-0.2, 0) is 11.3 Å². The van der Waals surface area contributed by atoms with Crippen molar-refractivity contribution in [2.24, 2.45) is 0 Å². The third-order valence-electron chi connectivity index (χ3n) is 3.01.